The fourth-order valence-corrected chi connectivity index (χ4v) is 1.94. The Labute approximate surface area is 113 Å². The fraction of sp³-hybridized carbons (Fsp3) is 0.133. The molecular weight excluding hydrogens is 269 g/mol. The van der Waals surface area contributed by atoms with Gasteiger partial charge in [0.2, 0.25) is 0 Å². The van der Waals surface area contributed by atoms with Crippen molar-refractivity contribution in [3.8, 4) is 16.9 Å². The lowest BCUT2D eigenvalue weighted by atomic mass is 9.99. The zero-order valence-electron chi connectivity index (χ0n) is 10.6. The number of aryl methyl sites for hydroxylation is 1. The van der Waals surface area contributed by atoms with E-state index in [0.29, 0.717) is 11.1 Å². The average Bonchev–Trinajstić information content (AvgIpc) is 2.37. The lowest BCUT2D eigenvalue weighted by Gasteiger charge is -2.12. The number of ether oxygens (including phenoxy) is 1. The van der Waals surface area contributed by atoms with Crippen LogP contribution in [0.15, 0.2) is 42.5 Å². The largest absolute Gasteiger partial charge is 0.573 e. The zero-order valence-corrected chi connectivity index (χ0v) is 10.6. The van der Waals surface area contributed by atoms with Crippen LogP contribution in [-0.4, -0.2) is 12.6 Å². The SMILES string of the molecule is Cc1cc(OC(F)(F)F)ccc1-c1cccc(C=O)c1. The van der Waals surface area contributed by atoms with Crippen molar-refractivity contribution in [3.63, 3.8) is 0 Å². The molecule has 0 heterocycles. The molecule has 2 aromatic carbocycles. The van der Waals surface area contributed by atoms with Gasteiger partial charge in [0.05, 0.1) is 0 Å². The number of hydrogen-bond acceptors (Lipinski definition) is 2. The molecule has 0 aliphatic carbocycles. The molecule has 0 aromatic heterocycles. The van der Waals surface area contributed by atoms with Gasteiger partial charge in [0.15, 0.2) is 0 Å². The average molecular weight is 280 g/mol. The van der Waals surface area contributed by atoms with Gasteiger partial charge in [0.1, 0.15) is 12.0 Å². The molecule has 0 aliphatic rings. The molecule has 0 saturated carbocycles. The zero-order chi connectivity index (χ0) is 14.8. The summed E-state index contributed by atoms with van der Waals surface area (Å²) in [5.41, 5.74) is 2.67. The van der Waals surface area contributed by atoms with Gasteiger partial charge < -0.3 is 4.74 Å². The van der Waals surface area contributed by atoms with E-state index in [-0.39, 0.29) is 5.75 Å². The molecule has 5 heteroatoms. The van der Waals surface area contributed by atoms with Gasteiger partial charge in [-0.1, -0.05) is 24.3 Å². The molecule has 0 spiro atoms. The first-order valence-corrected chi connectivity index (χ1v) is 5.81. The van der Waals surface area contributed by atoms with E-state index >= 15 is 0 Å². The smallest absolute Gasteiger partial charge is 0.406 e. The van der Waals surface area contributed by atoms with Crippen LogP contribution >= 0.6 is 0 Å². The van der Waals surface area contributed by atoms with Crippen molar-refractivity contribution in [1.82, 2.24) is 0 Å². The van der Waals surface area contributed by atoms with E-state index in [0.717, 1.165) is 17.4 Å². The summed E-state index contributed by atoms with van der Waals surface area (Å²) in [6.45, 7) is 1.69. The molecule has 0 aliphatic heterocycles. The molecule has 2 aromatic rings. The minimum atomic E-state index is -4.70. The molecule has 0 bridgehead atoms. The molecule has 104 valence electrons. The third-order valence-electron chi connectivity index (χ3n) is 2.77. The Bertz CT molecular complexity index is 633. The first-order chi connectivity index (χ1) is 9.39. The van der Waals surface area contributed by atoms with Gasteiger partial charge in [0, 0.05) is 5.56 Å². The molecular formula is C15H11F3O2. The van der Waals surface area contributed by atoms with Crippen molar-refractivity contribution in [2.75, 3.05) is 0 Å². The Morgan fingerprint density at radius 3 is 2.45 bits per heavy atom. The van der Waals surface area contributed by atoms with Crippen molar-refractivity contribution in [1.29, 1.82) is 0 Å². The van der Waals surface area contributed by atoms with Crippen molar-refractivity contribution < 1.29 is 22.7 Å². The van der Waals surface area contributed by atoms with Crippen LogP contribution in [0.1, 0.15) is 15.9 Å². The van der Waals surface area contributed by atoms with Crippen molar-refractivity contribution in [2.24, 2.45) is 0 Å². The van der Waals surface area contributed by atoms with Crippen LogP contribution in [0, 0.1) is 6.92 Å². The van der Waals surface area contributed by atoms with E-state index in [4.69, 9.17) is 0 Å². The molecule has 2 rings (SSSR count). The Hall–Kier alpha value is -2.30. The predicted octanol–water partition coefficient (Wildman–Crippen LogP) is 4.37. The maximum Gasteiger partial charge on any atom is 0.573 e. The fourth-order valence-electron chi connectivity index (χ4n) is 1.94. The van der Waals surface area contributed by atoms with Crippen LogP contribution in [-0.2, 0) is 0 Å². The maximum atomic E-state index is 12.1. The van der Waals surface area contributed by atoms with Crippen LogP contribution in [0.5, 0.6) is 5.75 Å². The molecule has 0 N–H and O–H groups in total. The van der Waals surface area contributed by atoms with E-state index in [1.165, 1.54) is 12.1 Å². The van der Waals surface area contributed by atoms with Gasteiger partial charge in [-0.05, 0) is 41.8 Å². The van der Waals surface area contributed by atoms with E-state index in [2.05, 4.69) is 4.74 Å². The van der Waals surface area contributed by atoms with E-state index < -0.39 is 6.36 Å². The number of benzene rings is 2. The highest BCUT2D eigenvalue weighted by Crippen LogP contribution is 2.30. The summed E-state index contributed by atoms with van der Waals surface area (Å²) < 4.78 is 40.3. The van der Waals surface area contributed by atoms with Gasteiger partial charge in [-0.3, -0.25) is 4.79 Å². The summed E-state index contributed by atoms with van der Waals surface area (Å²) in [6.07, 6.45) is -3.98. The minimum absolute atomic E-state index is 0.259. The number of alkyl halides is 3. The first kappa shape index (κ1) is 14.1. The van der Waals surface area contributed by atoms with Crippen LogP contribution in [0.25, 0.3) is 11.1 Å². The predicted molar refractivity (Wildman–Crippen MR) is 68.7 cm³/mol. The Balaban J connectivity index is 2.36. The van der Waals surface area contributed by atoms with Crippen LogP contribution < -0.4 is 4.74 Å². The topological polar surface area (TPSA) is 26.3 Å². The monoisotopic (exact) mass is 280 g/mol. The van der Waals surface area contributed by atoms with Gasteiger partial charge >= 0.3 is 6.36 Å². The number of hydrogen-bond donors (Lipinski definition) is 0. The number of carbonyl (C=O) groups excluding carboxylic acids is 1. The van der Waals surface area contributed by atoms with Crippen molar-refractivity contribution >= 4 is 6.29 Å². The molecule has 0 unspecified atom stereocenters. The Morgan fingerprint density at radius 1 is 1.10 bits per heavy atom. The lowest BCUT2D eigenvalue weighted by molar-refractivity contribution is -0.274. The normalized spacial score (nSPS) is 11.2. The third-order valence-corrected chi connectivity index (χ3v) is 2.77. The van der Waals surface area contributed by atoms with Gasteiger partial charge in [-0.2, -0.15) is 0 Å². The summed E-state index contributed by atoms with van der Waals surface area (Å²) in [7, 11) is 0. The number of halogens is 3. The third kappa shape index (κ3) is 3.38. The Morgan fingerprint density at radius 2 is 1.85 bits per heavy atom. The van der Waals surface area contributed by atoms with Crippen LogP contribution in [0.3, 0.4) is 0 Å². The van der Waals surface area contributed by atoms with Crippen molar-refractivity contribution in [2.45, 2.75) is 13.3 Å². The highest BCUT2D eigenvalue weighted by molar-refractivity contribution is 5.79. The van der Waals surface area contributed by atoms with E-state index in [1.54, 1.807) is 37.3 Å². The van der Waals surface area contributed by atoms with Gasteiger partial charge in [-0.15, -0.1) is 13.2 Å². The highest BCUT2D eigenvalue weighted by Gasteiger charge is 2.31. The molecule has 0 saturated heterocycles. The van der Waals surface area contributed by atoms with Gasteiger partial charge in [-0.25, -0.2) is 0 Å². The first-order valence-electron chi connectivity index (χ1n) is 5.81. The Kier molecular flexibility index (Phi) is 3.79. The molecule has 2 nitrogen and oxygen atoms in total. The summed E-state index contributed by atoms with van der Waals surface area (Å²) in [5.74, 6) is -0.259. The summed E-state index contributed by atoms with van der Waals surface area (Å²) in [4.78, 5) is 10.7. The molecule has 20 heavy (non-hydrogen) atoms. The second-order valence-electron chi connectivity index (χ2n) is 4.27. The number of aldehydes is 1. The summed E-state index contributed by atoms with van der Waals surface area (Å²) >= 11 is 0. The standard InChI is InChI=1S/C15H11F3O2/c1-10-7-13(20-15(16,17)18)5-6-14(10)12-4-2-3-11(8-12)9-19/h2-9H,1H3. The lowest BCUT2D eigenvalue weighted by Crippen LogP contribution is -2.17. The summed E-state index contributed by atoms with van der Waals surface area (Å²) in [5, 5.41) is 0. The number of rotatable bonds is 3. The molecule has 0 radical (unpaired) electrons. The summed E-state index contributed by atoms with van der Waals surface area (Å²) in [6, 6.07) is 11.0. The van der Waals surface area contributed by atoms with E-state index in [9.17, 15) is 18.0 Å². The van der Waals surface area contributed by atoms with Crippen LogP contribution in [0.2, 0.25) is 0 Å². The molecule has 0 atom stereocenters. The van der Waals surface area contributed by atoms with Crippen molar-refractivity contribution in [3.05, 3.63) is 53.6 Å². The maximum absolute atomic E-state index is 12.1. The minimum Gasteiger partial charge on any atom is -0.406 e. The molecule has 0 fully saturated rings. The highest BCUT2D eigenvalue weighted by atomic mass is 19.4. The quantitative estimate of drug-likeness (QED) is 0.780. The van der Waals surface area contributed by atoms with E-state index in [1.807, 2.05) is 0 Å². The van der Waals surface area contributed by atoms with Crippen LogP contribution in [0.4, 0.5) is 13.2 Å². The molecule has 0 amide bonds. The second kappa shape index (κ2) is 5.36. The van der Waals surface area contributed by atoms with Gasteiger partial charge in [0.25, 0.3) is 0 Å². The second-order valence-corrected chi connectivity index (χ2v) is 4.27. The number of carbonyl (C=O) groups is 1.